The molecule has 6 nitrogen and oxygen atoms in total. The lowest BCUT2D eigenvalue weighted by Gasteiger charge is -2.27. The minimum atomic E-state index is 0.108. The highest BCUT2D eigenvalue weighted by atomic mass is 16.5. The lowest BCUT2D eigenvalue weighted by atomic mass is 10.1. The van der Waals surface area contributed by atoms with Crippen molar-refractivity contribution in [3.05, 3.63) is 54.4 Å². The molecule has 0 spiro atoms. The molecule has 6 heteroatoms. The molecule has 0 unspecified atom stereocenters. The number of nitrogens with zero attached hydrogens (tertiary/aromatic N) is 3. The van der Waals surface area contributed by atoms with E-state index in [1.165, 1.54) is 0 Å². The Bertz CT molecular complexity index is 983. The third kappa shape index (κ3) is 6.00. The van der Waals surface area contributed by atoms with E-state index >= 15 is 0 Å². The summed E-state index contributed by atoms with van der Waals surface area (Å²) in [5.41, 5.74) is 1.81. The Morgan fingerprint density at radius 1 is 0.968 bits per heavy atom. The van der Waals surface area contributed by atoms with Gasteiger partial charge in [0, 0.05) is 13.1 Å². The highest BCUT2D eigenvalue weighted by Gasteiger charge is 2.20. The predicted octanol–water partition coefficient (Wildman–Crippen LogP) is 4.76. The summed E-state index contributed by atoms with van der Waals surface area (Å²) >= 11 is 0. The molecule has 31 heavy (non-hydrogen) atoms. The highest BCUT2D eigenvalue weighted by Crippen LogP contribution is 2.21. The van der Waals surface area contributed by atoms with Gasteiger partial charge in [-0.1, -0.05) is 39.8 Å². The van der Waals surface area contributed by atoms with Gasteiger partial charge < -0.3 is 18.9 Å². The first-order chi connectivity index (χ1) is 14.9. The minimum absolute atomic E-state index is 0.108. The molecule has 0 bridgehead atoms. The number of aromatic nitrogens is 2. The van der Waals surface area contributed by atoms with Crippen LogP contribution in [0.15, 0.2) is 48.5 Å². The Morgan fingerprint density at radius 3 is 2.19 bits per heavy atom. The maximum absolute atomic E-state index is 13.2. The van der Waals surface area contributed by atoms with Crippen molar-refractivity contribution in [3.8, 4) is 11.5 Å². The Morgan fingerprint density at radius 2 is 1.58 bits per heavy atom. The molecular formula is C25H33N3O3. The molecule has 2 aromatic carbocycles. The summed E-state index contributed by atoms with van der Waals surface area (Å²) in [5.74, 6) is 3.18. The van der Waals surface area contributed by atoms with Crippen molar-refractivity contribution in [1.82, 2.24) is 14.5 Å². The Labute approximate surface area is 184 Å². The number of ether oxygens (including phenoxy) is 2. The first-order valence-corrected chi connectivity index (χ1v) is 10.9. The van der Waals surface area contributed by atoms with Gasteiger partial charge in [0.2, 0.25) is 5.91 Å². The van der Waals surface area contributed by atoms with Gasteiger partial charge in [0.1, 0.15) is 30.5 Å². The lowest BCUT2D eigenvalue weighted by molar-refractivity contribution is -0.132. The van der Waals surface area contributed by atoms with Crippen molar-refractivity contribution in [2.45, 2.75) is 40.8 Å². The number of carbonyl (C=O) groups excluding carboxylic acids is 1. The average molecular weight is 424 g/mol. The molecule has 3 aromatic rings. The van der Waals surface area contributed by atoms with Gasteiger partial charge in [-0.05, 0) is 48.2 Å². The summed E-state index contributed by atoms with van der Waals surface area (Å²) in [7, 11) is 1.64. The summed E-state index contributed by atoms with van der Waals surface area (Å²) in [5, 5.41) is 0. The molecule has 0 saturated carbocycles. The molecule has 0 aliphatic heterocycles. The molecule has 0 radical (unpaired) electrons. The van der Waals surface area contributed by atoms with E-state index < -0.39 is 0 Å². The second-order valence-corrected chi connectivity index (χ2v) is 8.65. The van der Waals surface area contributed by atoms with Crippen LogP contribution in [0.4, 0.5) is 0 Å². The largest absolute Gasteiger partial charge is 0.497 e. The van der Waals surface area contributed by atoms with E-state index in [2.05, 4.69) is 27.7 Å². The number of rotatable bonds is 10. The van der Waals surface area contributed by atoms with Crippen molar-refractivity contribution in [2.75, 3.05) is 20.2 Å². The Hall–Kier alpha value is -3.02. The first kappa shape index (κ1) is 22.7. The number of fused-ring (bicyclic) bond motifs is 1. The van der Waals surface area contributed by atoms with Crippen LogP contribution in [0.25, 0.3) is 11.0 Å². The normalized spacial score (nSPS) is 11.3. The van der Waals surface area contributed by atoms with E-state index in [0.29, 0.717) is 11.8 Å². The van der Waals surface area contributed by atoms with E-state index in [4.69, 9.17) is 14.5 Å². The fourth-order valence-corrected chi connectivity index (χ4v) is 3.63. The van der Waals surface area contributed by atoms with E-state index in [9.17, 15) is 4.79 Å². The van der Waals surface area contributed by atoms with Crippen molar-refractivity contribution in [3.63, 3.8) is 0 Å². The summed E-state index contributed by atoms with van der Waals surface area (Å²) in [6, 6.07) is 15.3. The zero-order chi connectivity index (χ0) is 22.4. The summed E-state index contributed by atoms with van der Waals surface area (Å²) in [4.78, 5) is 20.0. The number of amides is 1. The molecule has 166 valence electrons. The van der Waals surface area contributed by atoms with Crippen LogP contribution in [0.2, 0.25) is 0 Å². The van der Waals surface area contributed by atoms with Crippen molar-refractivity contribution < 1.29 is 14.3 Å². The van der Waals surface area contributed by atoms with Gasteiger partial charge in [0.05, 0.1) is 18.1 Å². The summed E-state index contributed by atoms with van der Waals surface area (Å²) in [6.07, 6.45) is 0. The average Bonchev–Trinajstić information content (AvgIpc) is 3.09. The third-order valence-corrected chi connectivity index (χ3v) is 4.98. The van der Waals surface area contributed by atoms with Crippen LogP contribution in [0, 0.1) is 11.8 Å². The van der Waals surface area contributed by atoms with Crippen LogP contribution in [0.1, 0.15) is 33.5 Å². The van der Waals surface area contributed by atoms with Crippen LogP contribution in [0.5, 0.6) is 11.5 Å². The zero-order valence-electron chi connectivity index (χ0n) is 19.2. The molecule has 0 fully saturated rings. The van der Waals surface area contributed by atoms with Gasteiger partial charge in [0.15, 0.2) is 0 Å². The number of benzene rings is 2. The molecule has 1 aromatic heterocycles. The Kier molecular flexibility index (Phi) is 7.55. The van der Waals surface area contributed by atoms with E-state index in [0.717, 1.165) is 41.4 Å². The molecule has 1 heterocycles. The minimum Gasteiger partial charge on any atom is -0.497 e. The number of methoxy groups -OCH3 is 1. The molecule has 0 aliphatic carbocycles. The van der Waals surface area contributed by atoms with Gasteiger partial charge in [0.25, 0.3) is 0 Å². The van der Waals surface area contributed by atoms with Crippen molar-refractivity contribution in [1.29, 1.82) is 0 Å². The summed E-state index contributed by atoms with van der Waals surface area (Å²) < 4.78 is 13.1. The smallest absolute Gasteiger partial charge is 0.242 e. The quantitative estimate of drug-likeness (QED) is 0.472. The zero-order valence-corrected chi connectivity index (χ0v) is 19.2. The van der Waals surface area contributed by atoms with Crippen LogP contribution in [-0.4, -0.2) is 40.6 Å². The maximum Gasteiger partial charge on any atom is 0.242 e. The first-order valence-electron chi connectivity index (χ1n) is 10.9. The topological polar surface area (TPSA) is 56.6 Å². The highest BCUT2D eigenvalue weighted by molar-refractivity contribution is 5.81. The second kappa shape index (κ2) is 10.3. The standard InChI is InChI=1S/C25H33N3O3/c1-18(2)14-27(15-19(3)4)25(29)16-28-23-9-7-6-8-22(23)26-24(28)17-31-21-12-10-20(30-5)11-13-21/h6-13,18-19H,14-17H2,1-5H3. The number of imidazole rings is 1. The van der Waals surface area contributed by atoms with Crippen LogP contribution < -0.4 is 9.47 Å². The summed E-state index contributed by atoms with van der Waals surface area (Å²) in [6.45, 7) is 10.6. The number of hydrogen-bond acceptors (Lipinski definition) is 4. The van der Waals surface area contributed by atoms with E-state index in [1.807, 2.05) is 58.0 Å². The Balaban J connectivity index is 1.83. The second-order valence-electron chi connectivity index (χ2n) is 8.65. The molecular weight excluding hydrogens is 390 g/mol. The van der Waals surface area contributed by atoms with Crippen molar-refractivity contribution in [2.24, 2.45) is 11.8 Å². The van der Waals surface area contributed by atoms with Gasteiger partial charge >= 0.3 is 0 Å². The van der Waals surface area contributed by atoms with Crippen LogP contribution >= 0.6 is 0 Å². The van der Waals surface area contributed by atoms with Crippen LogP contribution in [-0.2, 0) is 17.9 Å². The molecule has 0 aliphatic rings. The van der Waals surface area contributed by atoms with Gasteiger partial charge in [-0.3, -0.25) is 4.79 Å². The molecule has 0 N–H and O–H groups in total. The fraction of sp³-hybridized carbons (Fsp3) is 0.440. The monoisotopic (exact) mass is 423 g/mol. The van der Waals surface area contributed by atoms with E-state index in [1.54, 1.807) is 7.11 Å². The number of carbonyl (C=O) groups is 1. The predicted molar refractivity (Wildman–Crippen MR) is 123 cm³/mol. The van der Waals surface area contributed by atoms with E-state index in [-0.39, 0.29) is 19.1 Å². The van der Waals surface area contributed by atoms with Crippen molar-refractivity contribution >= 4 is 16.9 Å². The number of para-hydroxylation sites is 2. The van der Waals surface area contributed by atoms with Gasteiger partial charge in [-0.15, -0.1) is 0 Å². The van der Waals surface area contributed by atoms with Gasteiger partial charge in [-0.25, -0.2) is 4.98 Å². The van der Waals surface area contributed by atoms with Crippen LogP contribution in [0.3, 0.4) is 0 Å². The fourth-order valence-electron chi connectivity index (χ4n) is 3.63. The third-order valence-electron chi connectivity index (χ3n) is 4.98. The molecule has 0 atom stereocenters. The van der Waals surface area contributed by atoms with Gasteiger partial charge in [-0.2, -0.15) is 0 Å². The lowest BCUT2D eigenvalue weighted by Crippen LogP contribution is -2.39. The molecule has 0 saturated heterocycles. The molecule has 1 amide bonds. The molecule has 3 rings (SSSR count). The number of hydrogen-bond donors (Lipinski definition) is 0. The SMILES string of the molecule is COc1ccc(OCc2nc3ccccc3n2CC(=O)N(CC(C)C)CC(C)C)cc1. The maximum atomic E-state index is 13.2.